The summed E-state index contributed by atoms with van der Waals surface area (Å²) >= 11 is 0. The summed E-state index contributed by atoms with van der Waals surface area (Å²) in [6.07, 6.45) is 2.30. The van der Waals surface area contributed by atoms with E-state index in [0.29, 0.717) is 36.8 Å². The maximum absolute atomic E-state index is 13.1. The van der Waals surface area contributed by atoms with E-state index in [1.54, 1.807) is 54.0 Å². The molecule has 10 nitrogen and oxygen atoms in total. The lowest BCUT2D eigenvalue weighted by molar-refractivity contribution is 0.0996. The number of aromatic nitrogens is 1. The van der Waals surface area contributed by atoms with Gasteiger partial charge in [0.25, 0.3) is 11.5 Å². The Morgan fingerprint density at radius 2 is 1.77 bits per heavy atom. The zero-order valence-corrected chi connectivity index (χ0v) is 19.4. The number of benzene rings is 1. The first kappa shape index (κ1) is 22.6. The van der Waals surface area contributed by atoms with Gasteiger partial charge in [-0.25, -0.2) is 4.79 Å². The Labute approximate surface area is 201 Å². The van der Waals surface area contributed by atoms with Crippen LogP contribution in [0.25, 0.3) is 0 Å². The van der Waals surface area contributed by atoms with Crippen molar-refractivity contribution in [3.05, 3.63) is 70.5 Å². The molecule has 182 valence electrons. The van der Waals surface area contributed by atoms with E-state index in [9.17, 15) is 14.4 Å². The Bertz CT molecular complexity index is 1290. The Kier molecular flexibility index (Phi) is 5.94. The molecule has 1 saturated heterocycles. The molecule has 2 aromatic heterocycles. The minimum Gasteiger partial charge on any atom is -0.497 e. The van der Waals surface area contributed by atoms with Crippen LogP contribution in [0.3, 0.4) is 0 Å². The number of piperidine rings is 1. The van der Waals surface area contributed by atoms with Crippen LogP contribution in [0, 0.1) is 5.92 Å². The number of nitrogens with zero attached hydrogens (tertiary/aromatic N) is 2. The molecule has 1 fully saturated rings. The second kappa shape index (κ2) is 9.21. The molecular formula is C25H26N4O6. The van der Waals surface area contributed by atoms with E-state index in [1.165, 1.54) is 12.3 Å². The molecule has 0 radical (unpaired) electrons. The van der Waals surface area contributed by atoms with Gasteiger partial charge in [-0.2, -0.15) is 0 Å². The molecule has 0 unspecified atom stereocenters. The minimum absolute atomic E-state index is 0.0237. The van der Waals surface area contributed by atoms with E-state index in [0.717, 1.165) is 12.1 Å². The van der Waals surface area contributed by atoms with Gasteiger partial charge in [0.05, 0.1) is 20.5 Å². The van der Waals surface area contributed by atoms with Gasteiger partial charge in [-0.15, -0.1) is 0 Å². The van der Waals surface area contributed by atoms with Crippen LogP contribution < -0.4 is 25.7 Å². The van der Waals surface area contributed by atoms with Gasteiger partial charge in [0.15, 0.2) is 5.76 Å². The van der Waals surface area contributed by atoms with E-state index < -0.39 is 5.91 Å². The van der Waals surface area contributed by atoms with Crippen LogP contribution in [0.5, 0.6) is 11.5 Å². The zero-order valence-electron chi connectivity index (χ0n) is 19.4. The topological polar surface area (TPSA) is 115 Å². The normalized spacial score (nSPS) is 18.4. The highest BCUT2D eigenvalue weighted by Gasteiger charge is 2.37. The first-order valence-electron chi connectivity index (χ1n) is 11.3. The monoisotopic (exact) mass is 478 g/mol. The number of hydrogen-bond donors (Lipinski definition) is 2. The molecule has 2 atom stereocenters. The van der Waals surface area contributed by atoms with Crippen molar-refractivity contribution in [3.8, 4) is 11.5 Å². The van der Waals surface area contributed by atoms with E-state index in [-0.39, 0.29) is 34.9 Å². The lowest BCUT2D eigenvalue weighted by Crippen LogP contribution is -2.50. The van der Waals surface area contributed by atoms with Crippen LogP contribution in [0.2, 0.25) is 0 Å². The van der Waals surface area contributed by atoms with E-state index >= 15 is 0 Å². The summed E-state index contributed by atoms with van der Waals surface area (Å²) in [5.41, 5.74) is 1.40. The number of ether oxygens (including phenoxy) is 2. The summed E-state index contributed by atoms with van der Waals surface area (Å²) in [5.74, 6) is 0.980. The van der Waals surface area contributed by atoms with Gasteiger partial charge in [0, 0.05) is 55.1 Å². The Morgan fingerprint density at radius 1 is 1.00 bits per heavy atom. The number of nitrogens with one attached hydrogen (secondary N) is 2. The number of likely N-dealkylation sites (tertiary alicyclic amines) is 1. The highest BCUT2D eigenvalue weighted by atomic mass is 16.5. The molecule has 0 spiro atoms. The van der Waals surface area contributed by atoms with Crippen LogP contribution in [-0.4, -0.2) is 48.7 Å². The van der Waals surface area contributed by atoms with E-state index in [1.807, 2.05) is 6.07 Å². The molecule has 2 N–H and O–H groups in total. The average molecular weight is 479 g/mol. The lowest BCUT2D eigenvalue weighted by Gasteiger charge is -2.42. The summed E-state index contributed by atoms with van der Waals surface area (Å²) in [4.78, 5) is 40.3. The van der Waals surface area contributed by atoms with Crippen molar-refractivity contribution in [1.82, 2.24) is 9.47 Å². The predicted molar refractivity (Wildman–Crippen MR) is 128 cm³/mol. The van der Waals surface area contributed by atoms with Crippen molar-refractivity contribution >= 4 is 23.3 Å². The highest BCUT2D eigenvalue weighted by molar-refractivity contribution is 6.02. The number of anilines is 2. The number of carbonyl (C=O) groups excluding carboxylic acids is 2. The Morgan fingerprint density at radius 3 is 2.46 bits per heavy atom. The van der Waals surface area contributed by atoms with Crippen LogP contribution >= 0.6 is 0 Å². The zero-order chi connectivity index (χ0) is 24.5. The van der Waals surface area contributed by atoms with E-state index in [2.05, 4.69) is 10.6 Å². The number of urea groups is 1. The highest BCUT2D eigenvalue weighted by Crippen LogP contribution is 2.36. The quantitative estimate of drug-likeness (QED) is 0.581. The third kappa shape index (κ3) is 4.46. The molecule has 0 aliphatic carbocycles. The summed E-state index contributed by atoms with van der Waals surface area (Å²) in [6.45, 7) is 1.49. The van der Waals surface area contributed by atoms with Crippen molar-refractivity contribution in [3.63, 3.8) is 0 Å². The number of carbonyl (C=O) groups is 2. The number of amides is 3. The Balaban J connectivity index is 1.32. The molecule has 2 bridgehead atoms. The second-order valence-electron chi connectivity index (χ2n) is 8.75. The molecular weight excluding hydrogens is 452 g/mol. The summed E-state index contributed by atoms with van der Waals surface area (Å²) in [5, 5.41) is 5.57. The van der Waals surface area contributed by atoms with Gasteiger partial charge >= 0.3 is 6.03 Å². The fraction of sp³-hybridized carbons (Fsp3) is 0.320. The maximum atomic E-state index is 13.1. The molecule has 3 amide bonds. The molecule has 2 aliphatic heterocycles. The molecule has 35 heavy (non-hydrogen) atoms. The van der Waals surface area contributed by atoms with Gasteiger partial charge in [0.1, 0.15) is 17.2 Å². The third-order valence-corrected chi connectivity index (χ3v) is 6.49. The third-order valence-electron chi connectivity index (χ3n) is 6.49. The van der Waals surface area contributed by atoms with Crippen LogP contribution in [0.4, 0.5) is 16.2 Å². The van der Waals surface area contributed by atoms with Crippen LogP contribution in [0.1, 0.15) is 28.6 Å². The van der Waals surface area contributed by atoms with E-state index in [4.69, 9.17) is 13.9 Å². The number of rotatable bonds is 5. The second-order valence-corrected chi connectivity index (χ2v) is 8.75. The van der Waals surface area contributed by atoms with Crippen LogP contribution in [0.15, 0.2) is 57.9 Å². The number of methoxy groups -OCH3 is 2. The van der Waals surface area contributed by atoms with Gasteiger partial charge in [-0.1, -0.05) is 0 Å². The summed E-state index contributed by atoms with van der Waals surface area (Å²) in [7, 11) is 3.11. The number of hydrogen-bond acceptors (Lipinski definition) is 6. The van der Waals surface area contributed by atoms with Gasteiger partial charge in [-0.3, -0.25) is 9.59 Å². The van der Waals surface area contributed by atoms with Crippen molar-refractivity contribution in [2.24, 2.45) is 5.92 Å². The largest absolute Gasteiger partial charge is 0.497 e. The van der Waals surface area contributed by atoms with Crippen molar-refractivity contribution in [1.29, 1.82) is 0 Å². The smallest absolute Gasteiger partial charge is 0.321 e. The SMILES string of the molecule is COc1cc(NC(=O)N2C[C@H]3C[C@H](C2)c2ccc(NC(=O)c4ccco4)c(=O)n2C3)cc(OC)c1. The first-order chi connectivity index (χ1) is 16.9. The molecule has 1 aromatic carbocycles. The number of fused-ring (bicyclic) bond motifs is 4. The van der Waals surface area contributed by atoms with Gasteiger partial charge in [-0.05, 0) is 36.6 Å². The van der Waals surface area contributed by atoms with Crippen molar-refractivity contribution < 1.29 is 23.5 Å². The molecule has 10 heteroatoms. The first-order valence-corrected chi connectivity index (χ1v) is 11.3. The predicted octanol–water partition coefficient (Wildman–Crippen LogP) is 3.36. The van der Waals surface area contributed by atoms with Crippen molar-refractivity contribution in [2.75, 3.05) is 37.9 Å². The average Bonchev–Trinajstić information content (AvgIpc) is 3.41. The fourth-order valence-electron chi connectivity index (χ4n) is 4.88. The number of furan rings is 1. The minimum atomic E-state index is -0.472. The summed E-state index contributed by atoms with van der Waals surface area (Å²) < 4.78 is 17.4. The van der Waals surface area contributed by atoms with Crippen LogP contribution in [-0.2, 0) is 6.54 Å². The molecule has 4 heterocycles. The maximum Gasteiger partial charge on any atom is 0.321 e. The standard InChI is InChI=1S/C25H26N4O6/c1-33-18-9-17(10-19(11-18)34-2)26-25(32)28-12-15-8-16(14-28)21-6-5-20(24(31)29(21)13-15)27-23(30)22-4-3-7-35-22/h3-7,9-11,15-16H,8,12-14H2,1-2H3,(H,26,32)(H,27,30)/t15-,16-/m1/s1. The fourth-order valence-corrected chi connectivity index (χ4v) is 4.88. The molecule has 3 aromatic rings. The molecule has 5 rings (SSSR count). The van der Waals surface area contributed by atoms with Gasteiger partial charge < -0.3 is 34.0 Å². The lowest BCUT2D eigenvalue weighted by atomic mass is 9.83. The molecule has 2 aliphatic rings. The van der Waals surface area contributed by atoms with Crippen molar-refractivity contribution in [2.45, 2.75) is 18.9 Å². The summed E-state index contributed by atoms with van der Waals surface area (Å²) in [6, 6.07) is 11.6. The molecule has 0 saturated carbocycles. The Hall–Kier alpha value is -4.21. The number of pyridine rings is 1. The van der Waals surface area contributed by atoms with Gasteiger partial charge in [0.2, 0.25) is 0 Å².